The molecule has 0 amide bonds. The number of rotatable bonds is 7. The third kappa shape index (κ3) is 4.14. The van der Waals surface area contributed by atoms with Crippen molar-refractivity contribution in [1.82, 2.24) is 9.88 Å². The summed E-state index contributed by atoms with van der Waals surface area (Å²) >= 11 is 5.19. The molecule has 0 spiro atoms. The van der Waals surface area contributed by atoms with Crippen LogP contribution < -0.4 is 11.1 Å². The summed E-state index contributed by atoms with van der Waals surface area (Å²) in [4.78, 5) is 7.60. The molecule has 0 atom stereocenters. The third-order valence-corrected chi connectivity index (χ3v) is 4.40. The van der Waals surface area contributed by atoms with Crippen LogP contribution in [0.1, 0.15) is 43.5 Å². The SMILES string of the molecule is CCN(CC)CCNc1nc2c(cc1C(N)=S)CCCC2. The third-order valence-electron chi connectivity index (χ3n) is 4.18. The molecule has 116 valence electrons. The van der Waals surface area contributed by atoms with Gasteiger partial charge in [0.2, 0.25) is 0 Å². The number of pyridine rings is 1. The van der Waals surface area contributed by atoms with E-state index in [2.05, 4.69) is 30.1 Å². The van der Waals surface area contributed by atoms with Crippen molar-refractivity contribution in [3.63, 3.8) is 0 Å². The van der Waals surface area contributed by atoms with Gasteiger partial charge in [-0.25, -0.2) is 4.98 Å². The Kier molecular flexibility index (Phi) is 5.94. The number of likely N-dealkylation sites (N-methyl/N-ethyl adjacent to an activating group) is 1. The Balaban J connectivity index is 2.11. The Morgan fingerprint density at radius 1 is 1.33 bits per heavy atom. The number of hydrogen-bond donors (Lipinski definition) is 2. The number of anilines is 1. The van der Waals surface area contributed by atoms with E-state index >= 15 is 0 Å². The van der Waals surface area contributed by atoms with Crippen LogP contribution in [-0.4, -0.2) is 41.1 Å². The molecular weight excluding hydrogens is 280 g/mol. The van der Waals surface area contributed by atoms with Crippen LogP contribution in [0.5, 0.6) is 0 Å². The Hall–Kier alpha value is -1.20. The van der Waals surface area contributed by atoms with Gasteiger partial charge in [0.25, 0.3) is 0 Å². The number of thiocarbonyl (C=S) groups is 1. The minimum Gasteiger partial charge on any atom is -0.389 e. The van der Waals surface area contributed by atoms with Crippen molar-refractivity contribution in [1.29, 1.82) is 0 Å². The molecule has 2 rings (SSSR count). The maximum atomic E-state index is 5.87. The zero-order valence-electron chi connectivity index (χ0n) is 13.1. The number of fused-ring (bicyclic) bond motifs is 1. The molecule has 1 aromatic heterocycles. The summed E-state index contributed by atoms with van der Waals surface area (Å²) in [6.07, 6.45) is 4.63. The van der Waals surface area contributed by atoms with Gasteiger partial charge in [-0.3, -0.25) is 0 Å². The van der Waals surface area contributed by atoms with E-state index in [9.17, 15) is 0 Å². The van der Waals surface area contributed by atoms with Crippen LogP contribution in [0.15, 0.2) is 6.07 Å². The van der Waals surface area contributed by atoms with Gasteiger partial charge < -0.3 is 16.0 Å². The van der Waals surface area contributed by atoms with Crippen molar-refractivity contribution in [2.24, 2.45) is 5.73 Å². The number of aryl methyl sites for hydroxylation is 2. The molecule has 1 aliphatic rings. The van der Waals surface area contributed by atoms with E-state index in [0.717, 1.165) is 50.4 Å². The molecule has 0 aliphatic heterocycles. The van der Waals surface area contributed by atoms with E-state index in [-0.39, 0.29) is 0 Å². The molecule has 5 heteroatoms. The van der Waals surface area contributed by atoms with Crippen LogP contribution in [0, 0.1) is 0 Å². The monoisotopic (exact) mass is 306 g/mol. The predicted octanol–water partition coefficient (Wildman–Crippen LogP) is 2.35. The normalized spacial score (nSPS) is 14.0. The minimum absolute atomic E-state index is 0.432. The fourth-order valence-electron chi connectivity index (χ4n) is 2.83. The van der Waals surface area contributed by atoms with Crippen LogP contribution in [-0.2, 0) is 12.8 Å². The molecule has 3 N–H and O–H groups in total. The first-order chi connectivity index (χ1) is 10.2. The van der Waals surface area contributed by atoms with Crippen LogP contribution in [0.2, 0.25) is 0 Å². The van der Waals surface area contributed by atoms with E-state index in [1.54, 1.807) is 0 Å². The van der Waals surface area contributed by atoms with Gasteiger partial charge in [-0.05, 0) is 50.4 Å². The lowest BCUT2D eigenvalue weighted by Crippen LogP contribution is -2.29. The molecule has 0 radical (unpaired) electrons. The lowest BCUT2D eigenvalue weighted by Gasteiger charge is -2.21. The van der Waals surface area contributed by atoms with E-state index in [1.807, 2.05) is 0 Å². The summed E-state index contributed by atoms with van der Waals surface area (Å²) in [6.45, 7) is 8.36. The van der Waals surface area contributed by atoms with Crippen molar-refractivity contribution in [3.8, 4) is 0 Å². The lowest BCUT2D eigenvalue weighted by atomic mass is 9.94. The second kappa shape index (κ2) is 7.71. The molecule has 1 heterocycles. The average molecular weight is 306 g/mol. The van der Waals surface area contributed by atoms with Crippen LogP contribution in [0.25, 0.3) is 0 Å². The van der Waals surface area contributed by atoms with Crippen LogP contribution in [0.4, 0.5) is 5.82 Å². The van der Waals surface area contributed by atoms with Crippen molar-refractivity contribution in [3.05, 3.63) is 22.9 Å². The first kappa shape index (κ1) is 16.2. The summed E-state index contributed by atoms with van der Waals surface area (Å²) in [5, 5.41) is 3.42. The standard InChI is InChI=1S/C16H26N4S/c1-3-20(4-2)10-9-18-16-13(15(17)21)11-12-7-5-6-8-14(12)19-16/h11H,3-10H2,1-2H3,(H2,17,21)(H,18,19). The summed E-state index contributed by atoms with van der Waals surface area (Å²) in [6, 6.07) is 2.14. The van der Waals surface area contributed by atoms with E-state index in [0.29, 0.717) is 4.99 Å². The lowest BCUT2D eigenvalue weighted by molar-refractivity contribution is 0.316. The molecule has 0 saturated carbocycles. The Morgan fingerprint density at radius 3 is 2.71 bits per heavy atom. The maximum absolute atomic E-state index is 5.87. The molecule has 4 nitrogen and oxygen atoms in total. The number of nitrogens with one attached hydrogen (secondary N) is 1. The minimum atomic E-state index is 0.432. The molecule has 0 aromatic carbocycles. The second-order valence-electron chi connectivity index (χ2n) is 5.52. The van der Waals surface area contributed by atoms with Gasteiger partial charge in [-0.15, -0.1) is 0 Å². The number of nitrogens with two attached hydrogens (primary N) is 1. The smallest absolute Gasteiger partial charge is 0.136 e. The maximum Gasteiger partial charge on any atom is 0.136 e. The fraction of sp³-hybridized carbons (Fsp3) is 0.625. The highest BCUT2D eigenvalue weighted by atomic mass is 32.1. The van der Waals surface area contributed by atoms with Gasteiger partial charge in [-0.1, -0.05) is 26.1 Å². The Bertz CT molecular complexity index is 497. The molecule has 0 unspecified atom stereocenters. The van der Waals surface area contributed by atoms with Gasteiger partial charge in [0.05, 0.1) is 5.56 Å². The topological polar surface area (TPSA) is 54.2 Å². The van der Waals surface area contributed by atoms with Crippen molar-refractivity contribution < 1.29 is 0 Å². The van der Waals surface area contributed by atoms with Crippen molar-refractivity contribution in [2.45, 2.75) is 39.5 Å². The Labute approximate surface area is 133 Å². The van der Waals surface area contributed by atoms with E-state index < -0.39 is 0 Å². The van der Waals surface area contributed by atoms with Crippen molar-refractivity contribution in [2.75, 3.05) is 31.5 Å². The summed E-state index contributed by atoms with van der Waals surface area (Å²) in [5.74, 6) is 0.857. The highest BCUT2D eigenvalue weighted by Crippen LogP contribution is 2.24. The van der Waals surface area contributed by atoms with Gasteiger partial charge in [0, 0.05) is 18.8 Å². The largest absolute Gasteiger partial charge is 0.389 e. The molecule has 0 fully saturated rings. The molecular formula is C16H26N4S. The van der Waals surface area contributed by atoms with Crippen LogP contribution in [0.3, 0.4) is 0 Å². The van der Waals surface area contributed by atoms with Crippen molar-refractivity contribution >= 4 is 23.0 Å². The number of hydrogen-bond acceptors (Lipinski definition) is 4. The summed E-state index contributed by atoms with van der Waals surface area (Å²) in [7, 11) is 0. The van der Waals surface area contributed by atoms with Gasteiger partial charge in [-0.2, -0.15) is 0 Å². The predicted molar refractivity (Wildman–Crippen MR) is 93.0 cm³/mol. The van der Waals surface area contributed by atoms with E-state index in [1.165, 1.54) is 24.1 Å². The summed E-state index contributed by atoms with van der Waals surface area (Å²) in [5.41, 5.74) is 9.30. The highest BCUT2D eigenvalue weighted by Gasteiger charge is 2.16. The molecule has 0 saturated heterocycles. The Morgan fingerprint density at radius 2 is 2.05 bits per heavy atom. The zero-order valence-corrected chi connectivity index (χ0v) is 13.9. The molecule has 0 bridgehead atoms. The quantitative estimate of drug-likeness (QED) is 0.757. The van der Waals surface area contributed by atoms with Gasteiger partial charge in [0.1, 0.15) is 10.8 Å². The molecule has 21 heavy (non-hydrogen) atoms. The summed E-state index contributed by atoms with van der Waals surface area (Å²) < 4.78 is 0. The number of nitrogens with zero attached hydrogens (tertiary/aromatic N) is 2. The first-order valence-electron chi connectivity index (χ1n) is 7.94. The van der Waals surface area contributed by atoms with Gasteiger partial charge in [0.15, 0.2) is 0 Å². The molecule has 1 aliphatic carbocycles. The second-order valence-corrected chi connectivity index (χ2v) is 5.96. The molecule has 1 aromatic rings. The number of aromatic nitrogens is 1. The fourth-order valence-corrected chi connectivity index (χ4v) is 2.98. The highest BCUT2D eigenvalue weighted by molar-refractivity contribution is 7.80. The first-order valence-corrected chi connectivity index (χ1v) is 8.35. The van der Waals surface area contributed by atoms with E-state index in [4.69, 9.17) is 22.9 Å². The van der Waals surface area contributed by atoms with Gasteiger partial charge >= 0.3 is 0 Å². The average Bonchev–Trinajstić information content (AvgIpc) is 2.50. The van der Waals surface area contributed by atoms with Crippen LogP contribution >= 0.6 is 12.2 Å². The zero-order chi connectivity index (χ0) is 15.2.